The van der Waals surface area contributed by atoms with Gasteiger partial charge in [0.1, 0.15) is 11.8 Å². The first-order valence-electron chi connectivity index (χ1n) is 9.38. The standard InChI is InChI=1S/C20H28N2O3/c1-3-13-21-18(23)17-14-25-20(11-9-15(2)10-12-20)22(17)19(24)16-7-5-4-6-8-16/h4-8,15,17H,3,9-14H2,1-2H3,(H,21,23)/t15?,17-,20?/m0/s1. The molecule has 1 saturated heterocycles. The third-order valence-corrected chi connectivity index (χ3v) is 5.41. The van der Waals surface area contributed by atoms with E-state index in [0.717, 1.165) is 32.1 Å². The van der Waals surface area contributed by atoms with E-state index in [4.69, 9.17) is 4.74 Å². The van der Waals surface area contributed by atoms with Crippen molar-refractivity contribution in [3.05, 3.63) is 35.9 Å². The van der Waals surface area contributed by atoms with E-state index in [9.17, 15) is 9.59 Å². The van der Waals surface area contributed by atoms with E-state index < -0.39 is 11.8 Å². The molecule has 1 aromatic carbocycles. The van der Waals surface area contributed by atoms with Gasteiger partial charge in [-0.05, 0) is 50.2 Å². The maximum atomic E-state index is 13.3. The normalized spacial score (nSPS) is 29.0. The first kappa shape index (κ1) is 17.9. The van der Waals surface area contributed by atoms with E-state index >= 15 is 0 Å². The molecule has 1 aromatic rings. The molecular formula is C20H28N2O3. The van der Waals surface area contributed by atoms with Crippen LogP contribution in [-0.4, -0.2) is 41.6 Å². The van der Waals surface area contributed by atoms with Gasteiger partial charge in [0.25, 0.3) is 5.91 Å². The van der Waals surface area contributed by atoms with Crippen LogP contribution in [0, 0.1) is 5.92 Å². The highest BCUT2D eigenvalue weighted by Crippen LogP contribution is 2.43. The van der Waals surface area contributed by atoms with Crippen LogP contribution in [-0.2, 0) is 9.53 Å². The van der Waals surface area contributed by atoms with Gasteiger partial charge < -0.3 is 10.1 Å². The van der Waals surface area contributed by atoms with Gasteiger partial charge >= 0.3 is 0 Å². The predicted octanol–water partition coefficient (Wildman–Crippen LogP) is 2.96. The number of amides is 2. The molecule has 1 spiro atoms. The van der Waals surface area contributed by atoms with E-state index in [-0.39, 0.29) is 18.4 Å². The number of nitrogens with one attached hydrogen (secondary N) is 1. The quantitative estimate of drug-likeness (QED) is 0.913. The van der Waals surface area contributed by atoms with Gasteiger partial charge in [-0.15, -0.1) is 0 Å². The Hall–Kier alpha value is -1.88. The summed E-state index contributed by atoms with van der Waals surface area (Å²) in [6.45, 7) is 5.15. The lowest BCUT2D eigenvalue weighted by molar-refractivity contribution is -0.127. The highest BCUT2D eigenvalue weighted by molar-refractivity contribution is 5.98. The van der Waals surface area contributed by atoms with Gasteiger partial charge in [-0.1, -0.05) is 32.0 Å². The van der Waals surface area contributed by atoms with Crippen LogP contribution in [0.2, 0.25) is 0 Å². The van der Waals surface area contributed by atoms with Gasteiger partial charge in [0, 0.05) is 12.1 Å². The van der Waals surface area contributed by atoms with E-state index in [1.807, 2.05) is 25.1 Å². The monoisotopic (exact) mass is 344 g/mol. The van der Waals surface area contributed by atoms with Gasteiger partial charge in [-0.3, -0.25) is 14.5 Å². The summed E-state index contributed by atoms with van der Waals surface area (Å²) in [4.78, 5) is 27.6. The molecule has 1 aliphatic heterocycles. The predicted molar refractivity (Wildman–Crippen MR) is 96.0 cm³/mol. The summed E-state index contributed by atoms with van der Waals surface area (Å²) in [7, 11) is 0. The molecule has 5 nitrogen and oxygen atoms in total. The first-order valence-corrected chi connectivity index (χ1v) is 9.38. The topological polar surface area (TPSA) is 58.6 Å². The summed E-state index contributed by atoms with van der Waals surface area (Å²) in [6.07, 6.45) is 4.49. The second-order valence-electron chi connectivity index (χ2n) is 7.29. The van der Waals surface area contributed by atoms with Gasteiger partial charge in [-0.25, -0.2) is 0 Å². The molecule has 2 amide bonds. The Labute approximate surface area is 149 Å². The van der Waals surface area contributed by atoms with Gasteiger partial charge in [0.05, 0.1) is 6.61 Å². The molecule has 1 atom stereocenters. The van der Waals surface area contributed by atoms with Gasteiger partial charge in [0.15, 0.2) is 0 Å². The van der Waals surface area contributed by atoms with E-state index in [0.29, 0.717) is 18.0 Å². The first-order chi connectivity index (χ1) is 12.1. The van der Waals surface area contributed by atoms with E-state index in [2.05, 4.69) is 12.2 Å². The molecule has 1 heterocycles. The highest BCUT2D eigenvalue weighted by Gasteiger charge is 2.53. The summed E-state index contributed by atoms with van der Waals surface area (Å²) < 4.78 is 6.14. The molecule has 136 valence electrons. The zero-order valence-electron chi connectivity index (χ0n) is 15.2. The van der Waals surface area contributed by atoms with E-state index in [1.54, 1.807) is 17.0 Å². The lowest BCUT2D eigenvalue weighted by Gasteiger charge is -2.43. The Bertz CT molecular complexity index is 609. The molecule has 1 aliphatic carbocycles. The molecule has 2 aliphatic rings. The van der Waals surface area contributed by atoms with Crippen molar-refractivity contribution in [2.24, 2.45) is 5.92 Å². The Kier molecular flexibility index (Phi) is 5.42. The Morgan fingerprint density at radius 3 is 2.56 bits per heavy atom. The molecule has 0 unspecified atom stereocenters. The molecule has 3 rings (SSSR count). The summed E-state index contributed by atoms with van der Waals surface area (Å²) in [5, 5.41) is 2.93. The van der Waals surface area contributed by atoms with Crippen molar-refractivity contribution in [1.29, 1.82) is 0 Å². The number of carbonyl (C=O) groups excluding carboxylic acids is 2. The molecule has 0 aromatic heterocycles. The highest BCUT2D eigenvalue weighted by atomic mass is 16.5. The largest absolute Gasteiger partial charge is 0.354 e. The minimum atomic E-state index is -0.631. The molecule has 0 radical (unpaired) electrons. The van der Waals surface area contributed by atoms with Crippen molar-refractivity contribution in [2.75, 3.05) is 13.2 Å². The molecule has 1 saturated carbocycles. The zero-order chi connectivity index (χ0) is 17.9. The van der Waals surface area contributed by atoms with Crippen LogP contribution in [0.4, 0.5) is 0 Å². The maximum Gasteiger partial charge on any atom is 0.256 e. The summed E-state index contributed by atoms with van der Waals surface area (Å²) in [5.74, 6) is 0.418. The molecule has 0 bridgehead atoms. The number of hydrogen-bond acceptors (Lipinski definition) is 3. The van der Waals surface area contributed by atoms with Crippen LogP contribution in [0.25, 0.3) is 0 Å². The SMILES string of the molecule is CCCNC(=O)[C@@H]1COC2(CCC(C)CC2)N1C(=O)c1ccccc1. The third kappa shape index (κ3) is 3.56. The number of carbonyl (C=O) groups is 2. The van der Waals surface area contributed by atoms with E-state index in [1.165, 1.54) is 0 Å². The van der Waals surface area contributed by atoms with Crippen LogP contribution >= 0.6 is 0 Å². The second kappa shape index (κ2) is 7.56. The van der Waals surface area contributed by atoms with Crippen molar-refractivity contribution in [3.63, 3.8) is 0 Å². The van der Waals surface area contributed by atoms with Crippen molar-refractivity contribution < 1.29 is 14.3 Å². The maximum absolute atomic E-state index is 13.3. The minimum Gasteiger partial charge on any atom is -0.354 e. The molecule has 2 fully saturated rings. The van der Waals surface area contributed by atoms with Gasteiger partial charge in [-0.2, -0.15) is 0 Å². The molecular weight excluding hydrogens is 316 g/mol. The second-order valence-corrected chi connectivity index (χ2v) is 7.29. The number of ether oxygens (including phenoxy) is 1. The van der Waals surface area contributed by atoms with Crippen LogP contribution in [0.1, 0.15) is 56.3 Å². The van der Waals surface area contributed by atoms with Crippen LogP contribution in [0.3, 0.4) is 0 Å². The number of hydrogen-bond donors (Lipinski definition) is 1. The molecule has 5 heteroatoms. The third-order valence-electron chi connectivity index (χ3n) is 5.41. The summed E-state index contributed by atoms with van der Waals surface area (Å²) in [5.41, 5.74) is -0.0208. The minimum absolute atomic E-state index is 0.107. The van der Waals surface area contributed by atoms with Crippen molar-refractivity contribution in [2.45, 2.75) is 57.7 Å². The van der Waals surface area contributed by atoms with Gasteiger partial charge in [0.2, 0.25) is 5.91 Å². The molecule has 1 N–H and O–H groups in total. The number of benzene rings is 1. The average Bonchev–Trinajstić information content (AvgIpc) is 3.01. The van der Waals surface area contributed by atoms with Crippen molar-refractivity contribution in [1.82, 2.24) is 10.2 Å². The number of rotatable bonds is 4. The molecule has 25 heavy (non-hydrogen) atoms. The summed E-state index contributed by atoms with van der Waals surface area (Å²) >= 11 is 0. The fourth-order valence-corrected chi connectivity index (χ4v) is 3.87. The van der Waals surface area contributed by atoms with Crippen molar-refractivity contribution >= 4 is 11.8 Å². The summed E-state index contributed by atoms with van der Waals surface area (Å²) in [6, 6.07) is 8.66. The fourth-order valence-electron chi connectivity index (χ4n) is 3.87. The lowest BCUT2D eigenvalue weighted by Crippen LogP contribution is -2.56. The van der Waals surface area contributed by atoms with Crippen LogP contribution < -0.4 is 5.32 Å². The fraction of sp³-hybridized carbons (Fsp3) is 0.600. The Morgan fingerprint density at radius 2 is 1.92 bits per heavy atom. The van der Waals surface area contributed by atoms with Crippen molar-refractivity contribution in [3.8, 4) is 0 Å². The zero-order valence-corrected chi connectivity index (χ0v) is 15.2. The number of nitrogens with zero attached hydrogens (tertiary/aromatic N) is 1. The average molecular weight is 344 g/mol. The Morgan fingerprint density at radius 1 is 1.24 bits per heavy atom. The lowest BCUT2D eigenvalue weighted by atomic mass is 9.83. The van der Waals surface area contributed by atoms with Crippen LogP contribution in [0.15, 0.2) is 30.3 Å². The Balaban J connectivity index is 1.89. The van der Waals surface area contributed by atoms with Crippen LogP contribution in [0.5, 0.6) is 0 Å². The smallest absolute Gasteiger partial charge is 0.256 e.